The minimum absolute atomic E-state index is 0.0235. The van der Waals surface area contributed by atoms with E-state index < -0.39 is 0 Å². The fraction of sp³-hybridized carbons (Fsp3) is 0.308. The van der Waals surface area contributed by atoms with E-state index in [0.29, 0.717) is 18.3 Å². The van der Waals surface area contributed by atoms with Gasteiger partial charge in [0.05, 0.1) is 6.54 Å². The molecule has 0 spiro atoms. The predicted molar refractivity (Wildman–Crippen MR) is 69.8 cm³/mol. The summed E-state index contributed by atoms with van der Waals surface area (Å²) in [5.74, 6) is 0.630. The Bertz CT molecular complexity index is 539. The minimum Gasteiger partial charge on any atom is -0.419 e. The third kappa shape index (κ3) is 3.89. The number of primary amides is 1. The molecule has 0 aliphatic rings. The van der Waals surface area contributed by atoms with Gasteiger partial charge >= 0.3 is 0 Å². The monoisotopic (exact) mass is 260 g/mol. The van der Waals surface area contributed by atoms with Crippen LogP contribution in [0.15, 0.2) is 34.7 Å². The average molecular weight is 260 g/mol. The van der Waals surface area contributed by atoms with E-state index in [-0.39, 0.29) is 18.4 Å². The number of aromatic nitrogens is 2. The zero-order chi connectivity index (χ0) is 13.7. The van der Waals surface area contributed by atoms with Crippen LogP contribution in [0, 0.1) is 0 Å². The van der Waals surface area contributed by atoms with Gasteiger partial charge in [-0.2, -0.15) is 0 Å². The Morgan fingerprint density at radius 1 is 1.37 bits per heavy atom. The lowest BCUT2D eigenvalue weighted by Crippen LogP contribution is -2.30. The van der Waals surface area contributed by atoms with E-state index in [1.54, 1.807) is 0 Å². The van der Waals surface area contributed by atoms with Gasteiger partial charge in [0.2, 0.25) is 17.7 Å². The molecule has 0 bridgehead atoms. The lowest BCUT2D eigenvalue weighted by molar-refractivity contribution is -0.118. The number of nitrogens with one attached hydrogen (secondary N) is 1. The van der Waals surface area contributed by atoms with Crippen LogP contribution in [0.2, 0.25) is 0 Å². The zero-order valence-corrected chi connectivity index (χ0v) is 10.7. The van der Waals surface area contributed by atoms with Gasteiger partial charge in [-0.25, -0.2) is 0 Å². The Balaban J connectivity index is 1.93. The smallest absolute Gasteiger partial charge is 0.247 e. The number of rotatable bonds is 6. The summed E-state index contributed by atoms with van der Waals surface area (Å²) in [6.07, 6.45) is 0.277. The van der Waals surface area contributed by atoms with Crippen molar-refractivity contribution in [2.24, 2.45) is 5.73 Å². The number of amides is 1. The lowest BCUT2D eigenvalue weighted by Gasteiger charge is -2.08. The standard InChI is InChI=1S/C13H16N4O2/c1-9(7-11(14)18)15-8-12-16-17-13(19-12)10-5-3-2-4-6-10/h2-6,9,15H,7-8H2,1H3,(H2,14,18). The Kier molecular flexibility index (Phi) is 4.25. The average Bonchev–Trinajstić information content (AvgIpc) is 2.85. The van der Waals surface area contributed by atoms with Crippen molar-refractivity contribution >= 4 is 5.91 Å². The van der Waals surface area contributed by atoms with Gasteiger partial charge in [0.15, 0.2) is 0 Å². The normalized spacial score (nSPS) is 12.3. The molecule has 0 aliphatic heterocycles. The fourth-order valence-electron chi connectivity index (χ4n) is 1.66. The molecule has 1 heterocycles. The van der Waals surface area contributed by atoms with E-state index in [4.69, 9.17) is 10.2 Å². The first-order valence-electron chi connectivity index (χ1n) is 6.04. The maximum Gasteiger partial charge on any atom is 0.247 e. The third-order valence-corrected chi connectivity index (χ3v) is 2.60. The van der Waals surface area contributed by atoms with Crippen LogP contribution in [0.3, 0.4) is 0 Å². The van der Waals surface area contributed by atoms with Gasteiger partial charge in [0, 0.05) is 18.0 Å². The van der Waals surface area contributed by atoms with Crippen LogP contribution in [-0.4, -0.2) is 22.1 Å². The minimum atomic E-state index is -0.337. The summed E-state index contributed by atoms with van der Waals surface area (Å²) >= 11 is 0. The van der Waals surface area contributed by atoms with E-state index in [2.05, 4.69) is 15.5 Å². The molecule has 1 aromatic carbocycles. The van der Waals surface area contributed by atoms with E-state index in [1.165, 1.54) is 0 Å². The number of benzene rings is 1. The molecule has 3 N–H and O–H groups in total. The first kappa shape index (κ1) is 13.2. The Labute approximate surface area is 111 Å². The van der Waals surface area contributed by atoms with Gasteiger partial charge in [-0.05, 0) is 19.1 Å². The van der Waals surface area contributed by atoms with Gasteiger partial charge in [0.25, 0.3) is 0 Å². The van der Waals surface area contributed by atoms with Crippen molar-refractivity contribution < 1.29 is 9.21 Å². The second-order valence-corrected chi connectivity index (χ2v) is 4.32. The highest BCUT2D eigenvalue weighted by Gasteiger charge is 2.10. The van der Waals surface area contributed by atoms with Crippen LogP contribution >= 0.6 is 0 Å². The van der Waals surface area contributed by atoms with Crippen LogP contribution in [-0.2, 0) is 11.3 Å². The highest BCUT2D eigenvalue weighted by molar-refractivity contribution is 5.74. The van der Waals surface area contributed by atoms with E-state index in [9.17, 15) is 4.79 Å². The summed E-state index contributed by atoms with van der Waals surface area (Å²) in [6, 6.07) is 9.53. The highest BCUT2D eigenvalue weighted by atomic mass is 16.4. The quantitative estimate of drug-likeness (QED) is 0.810. The summed E-state index contributed by atoms with van der Waals surface area (Å²) in [7, 11) is 0. The molecule has 0 saturated carbocycles. The fourth-order valence-corrected chi connectivity index (χ4v) is 1.66. The van der Waals surface area contributed by atoms with Crippen molar-refractivity contribution in [1.82, 2.24) is 15.5 Å². The maximum atomic E-state index is 10.7. The Hall–Kier alpha value is -2.21. The summed E-state index contributed by atoms with van der Waals surface area (Å²) in [5, 5.41) is 11.0. The number of hydrogen-bond donors (Lipinski definition) is 2. The van der Waals surface area contributed by atoms with Gasteiger partial charge in [-0.15, -0.1) is 10.2 Å². The van der Waals surface area contributed by atoms with Crippen molar-refractivity contribution in [3.63, 3.8) is 0 Å². The van der Waals surface area contributed by atoms with Crippen molar-refractivity contribution in [3.8, 4) is 11.5 Å². The van der Waals surface area contributed by atoms with Crippen LogP contribution in [0.5, 0.6) is 0 Å². The van der Waals surface area contributed by atoms with Crippen LogP contribution in [0.4, 0.5) is 0 Å². The largest absolute Gasteiger partial charge is 0.419 e. The maximum absolute atomic E-state index is 10.7. The molecule has 1 aromatic heterocycles. The summed E-state index contributed by atoms with van der Waals surface area (Å²) in [4.78, 5) is 10.7. The van der Waals surface area contributed by atoms with Crippen LogP contribution in [0.25, 0.3) is 11.5 Å². The van der Waals surface area contributed by atoms with Crippen LogP contribution in [0.1, 0.15) is 19.2 Å². The molecule has 6 heteroatoms. The number of carbonyl (C=O) groups excluding carboxylic acids is 1. The topological polar surface area (TPSA) is 94.0 Å². The first-order valence-corrected chi connectivity index (χ1v) is 6.04. The SMILES string of the molecule is CC(CC(N)=O)NCc1nnc(-c2ccccc2)o1. The molecule has 6 nitrogen and oxygen atoms in total. The number of carbonyl (C=O) groups is 1. The first-order chi connectivity index (χ1) is 9.15. The Morgan fingerprint density at radius 3 is 2.79 bits per heavy atom. The highest BCUT2D eigenvalue weighted by Crippen LogP contribution is 2.16. The molecule has 1 amide bonds. The van der Waals surface area contributed by atoms with Crippen molar-refractivity contribution in [1.29, 1.82) is 0 Å². The number of hydrogen-bond acceptors (Lipinski definition) is 5. The van der Waals surface area contributed by atoms with Crippen molar-refractivity contribution in [2.75, 3.05) is 0 Å². The molecular weight excluding hydrogens is 244 g/mol. The van der Waals surface area contributed by atoms with Gasteiger partial charge in [0.1, 0.15) is 0 Å². The number of nitrogens with zero attached hydrogens (tertiary/aromatic N) is 2. The summed E-state index contributed by atoms with van der Waals surface area (Å²) < 4.78 is 5.52. The molecular formula is C13H16N4O2. The van der Waals surface area contributed by atoms with Gasteiger partial charge in [-0.1, -0.05) is 18.2 Å². The van der Waals surface area contributed by atoms with E-state index in [0.717, 1.165) is 5.56 Å². The predicted octanol–water partition coefficient (Wildman–Crippen LogP) is 1.09. The van der Waals surface area contributed by atoms with Crippen molar-refractivity contribution in [2.45, 2.75) is 25.9 Å². The summed E-state index contributed by atoms with van der Waals surface area (Å²) in [5.41, 5.74) is 5.99. The number of nitrogens with two attached hydrogens (primary N) is 1. The molecule has 2 aromatic rings. The second kappa shape index (κ2) is 6.10. The van der Waals surface area contributed by atoms with Gasteiger partial charge < -0.3 is 15.5 Å². The molecule has 0 radical (unpaired) electrons. The third-order valence-electron chi connectivity index (χ3n) is 2.60. The lowest BCUT2D eigenvalue weighted by atomic mass is 10.2. The molecule has 0 aliphatic carbocycles. The summed E-state index contributed by atoms with van der Waals surface area (Å²) in [6.45, 7) is 2.29. The molecule has 0 fully saturated rings. The van der Waals surface area contributed by atoms with Crippen molar-refractivity contribution in [3.05, 3.63) is 36.2 Å². The second-order valence-electron chi connectivity index (χ2n) is 4.32. The molecule has 1 atom stereocenters. The van der Waals surface area contributed by atoms with E-state index in [1.807, 2.05) is 37.3 Å². The zero-order valence-electron chi connectivity index (χ0n) is 10.7. The molecule has 0 saturated heterocycles. The van der Waals surface area contributed by atoms with Crippen LogP contribution < -0.4 is 11.1 Å². The molecule has 2 rings (SSSR count). The molecule has 100 valence electrons. The Morgan fingerprint density at radius 2 is 2.11 bits per heavy atom. The molecule has 1 unspecified atom stereocenters. The van der Waals surface area contributed by atoms with Gasteiger partial charge in [-0.3, -0.25) is 4.79 Å². The van der Waals surface area contributed by atoms with E-state index >= 15 is 0 Å². The molecule has 19 heavy (non-hydrogen) atoms.